The molecule has 0 aliphatic rings. The van der Waals surface area contributed by atoms with Crippen molar-refractivity contribution >= 4 is 0 Å². The Bertz CT molecular complexity index is 146. The van der Waals surface area contributed by atoms with Gasteiger partial charge in [0.2, 0.25) is 0 Å². The van der Waals surface area contributed by atoms with E-state index < -0.39 is 0 Å². The number of hydrogen-bond acceptors (Lipinski definition) is 0. The maximum absolute atomic E-state index is 2.00. The van der Waals surface area contributed by atoms with Gasteiger partial charge in [-0.2, -0.15) is 0 Å². The molecule has 0 bridgehead atoms. The smallest absolute Gasteiger partial charge is 0.0692 e. The van der Waals surface area contributed by atoms with E-state index in [1.165, 1.54) is 0 Å². The molecule has 1 heterocycles. The van der Waals surface area contributed by atoms with Crippen LogP contribution in [-0.4, -0.2) is 0 Å². The summed E-state index contributed by atoms with van der Waals surface area (Å²) >= 11 is 0. The molecule has 42 valence electrons. The van der Waals surface area contributed by atoms with Gasteiger partial charge in [-0.1, -0.05) is 18.2 Å². The first-order valence-electron chi connectivity index (χ1n) is 2.69. The molecular formula is C7H9N. The summed E-state index contributed by atoms with van der Waals surface area (Å²) in [6.45, 7) is 4.00. The zero-order valence-corrected chi connectivity index (χ0v) is 4.91. The highest BCUT2D eigenvalue weighted by molar-refractivity contribution is 4.83. The van der Waals surface area contributed by atoms with Gasteiger partial charge < -0.3 is 4.57 Å². The number of hydrogen-bond donors (Lipinski definition) is 0. The third-order valence-electron chi connectivity index (χ3n) is 1.04. The third-order valence-corrected chi connectivity index (χ3v) is 1.04. The van der Waals surface area contributed by atoms with Gasteiger partial charge in [0, 0.05) is 6.54 Å². The van der Waals surface area contributed by atoms with Crippen LogP contribution in [-0.2, 0) is 0 Å². The molecule has 1 rings (SSSR count). The van der Waals surface area contributed by atoms with Crippen LogP contribution in [0.4, 0.5) is 0 Å². The molecule has 8 heavy (non-hydrogen) atoms. The fourth-order valence-corrected chi connectivity index (χ4v) is 0.584. The Morgan fingerprint density at radius 3 is 2.12 bits per heavy atom. The Morgan fingerprint density at radius 1 is 1.12 bits per heavy atom. The van der Waals surface area contributed by atoms with Gasteiger partial charge in [0.05, 0.1) is 12.4 Å². The van der Waals surface area contributed by atoms with Crippen LogP contribution in [0, 0.1) is 6.54 Å². The highest BCUT2D eigenvalue weighted by Gasteiger charge is 1.76. The molecule has 0 atom stereocenters. The quantitative estimate of drug-likeness (QED) is 0.372. The standard InChI is InChI=1S/C7H9N/c1-2-8-6-4-3-5-7-8/h2-7H,1H3. The van der Waals surface area contributed by atoms with Crippen molar-refractivity contribution in [3.8, 4) is 0 Å². The highest BCUT2D eigenvalue weighted by Crippen LogP contribution is 1.75. The molecule has 0 fully saturated rings. The Labute approximate surface area is 49.6 Å². The van der Waals surface area contributed by atoms with E-state index in [0.717, 1.165) is 0 Å². The Kier molecular flexibility index (Phi) is 1.52. The van der Waals surface area contributed by atoms with E-state index in [-0.39, 0.29) is 0 Å². The molecule has 0 spiro atoms. The fourth-order valence-electron chi connectivity index (χ4n) is 0.584. The predicted octanol–water partition coefficient (Wildman–Crippen LogP) is 1.00. The molecule has 1 aromatic rings. The lowest BCUT2D eigenvalue weighted by atomic mass is 10.5. The van der Waals surface area contributed by atoms with Crippen molar-refractivity contribution < 1.29 is 4.57 Å². The van der Waals surface area contributed by atoms with Gasteiger partial charge in [-0.25, -0.2) is 0 Å². The van der Waals surface area contributed by atoms with E-state index in [2.05, 4.69) is 0 Å². The monoisotopic (exact) mass is 107 g/mol. The molecule has 0 aromatic carbocycles. The van der Waals surface area contributed by atoms with Gasteiger partial charge in [-0.15, -0.1) is 0 Å². The number of rotatable bonds is 1. The van der Waals surface area contributed by atoms with Gasteiger partial charge in [0.25, 0.3) is 0 Å². The fraction of sp³-hybridized carbons (Fsp3) is 0.143. The van der Waals surface area contributed by atoms with Crippen molar-refractivity contribution in [2.45, 2.75) is 6.92 Å². The molecule has 1 nitrogen and oxygen atoms in total. The summed E-state index contributed by atoms with van der Waals surface area (Å²) in [6.07, 6.45) is 4.00. The van der Waals surface area contributed by atoms with Crippen LogP contribution in [0.15, 0.2) is 30.6 Å². The summed E-state index contributed by atoms with van der Waals surface area (Å²) < 4.78 is 2.00. The SMILES string of the molecule is C[CH-][n+]1ccccc1. The third kappa shape index (κ3) is 0.997. The first kappa shape index (κ1) is 5.16. The van der Waals surface area contributed by atoms with Crippen LogP contribution in [0.1, 0.15) is 6.92 Å². The summed E-state index contributed by atoms with van der Waals surface area (Å²) in [5, 5.41) is 0. The lowest BCUT2D eigenvalue weighted by molar-refractivity contribution is -0.632. The summed E-state index contributed by atoms with van der Waals surface area (Å²) in [4.78, 5) is 0. The minimum absolute atomic E-state index is 2.00. The minimum atomic E-state index is 2.00. The van der Waals surface area contributed by atoms with Gasteiger partial charge in [0.15, 0.2) is 0 Å². The second kappa shape index (κ2) is 2.36. The van der Waals surface area contributed by atoms with E-state index >= 15 is 0 Å². The summed E-state index contributed by atoms with van der Waals surface area (Å²) in [7, 11) is 0. The van der Waals surface area contributed by atoms with Gasteiger partial charge in [-0.3, -0.25) is 0 Å². The molecule has 0 saturated carbocycles. The van der Waals surface area contributed by atoms with Gasteiger partial charge >= 0.3 is 0 Å². The molecule has 0 N–H and O–H groups in total. The van der Waals surface area contributed by atoms with Crippen LogP contribution >= 0.6 is 0 Å². The van der Waals surface area contributed by atoms with Crippen LogP contribution < -0.4 is 4.57 Å². The van der Waals surface area contributed by atoms with Crippen LogP contribution in [0.5, 0.6) is 0 Å². The average Bonchev–Trinajstić information content (AvgIpc) is 1.90. The van der Waals surface area contributed by atoms with Crippen molar-refractivity contribution in [3.63, 3.8) is 0 Å². The number of nitrogens with zero attached hydrogens (tertiary/aromatic N) is 1. The zero-order valence-electron chi connectivity index (χ0n) is 4.91. The minimum Gasteiger partial charge on any atom is -0.337 e. The van der Waals surface area contributed by atoms with Crippen LogP contribution in [0.25, 0.3) is 0 Å². The number of aromatic nitrogens is 1. The Morgan fingerprint density at radius 2 is 1.75 bits per heavy atom. The van der Waals surface area contributed by atoms with Gasteiger partial charge in [0.1, 0.15) is 0 Å². The van der Waals surface area contributed by atoms with Crippen molar-refractivity contribution in [2.24, 2.45) is 0 Å². The molecule has 0 amide bonds. The van der Waals surface area contributed by atoms with E-state index in [1.54, 1.807) is 0 Å². The summed E-state index contributed by atoms with van der Waals surface area (Å²) in [5.74, 6) is 0. The summed E-state index contributed by atoms with van der Waals surface area (Å²) in [6, 6.07) is 6.00. The normalized spacial score (nSPS) is 8.62. The second-order valence-electron chi connectivity index (χ2n) is 1.58. The lowest BCUT2D eigenvalue weighted by Crippen LogP contribution is -2.27. The first-order chi connectivity index (χ1) is 3.93. The Balaban J connectivity index is 2.83. The van der Waals surface area contributed by atoms with Crippen molar-refractivity contribution in [3.05, 3.63) is 37.1 Å². The maximum Gasteiger partial charge on any atom is 0.0692 e. The molecule has 0 saturated heterocycles. The topological polar surface area (TPSA) is 3.88 Å². The molecule has 0 aliphatic heterocycles. The molecule has 1 aromatic heterocycles. The number of pyridine rings is 1. The van der Waals surface area contributed by atoms with E-state index in [4.69, 9.17) is 0 Å². The molecule has 1 heteroatoms. The molecule has 0 aliphatic carbocycles. The van der Waals surface area contributed by atoms with E-state index in [9.17, 15) is 0 Å². The molecule has 0 unspecified atom stereocenters. The van der Waals surface area contributed by atoms with Crippen molar-refractivity contribution in [1.29, 1.82) is 0 Å². The maximum atomic E-state index is 2.00. The van der Waals surface area contributed by atoms with Crippen LogP contribution in [0.2, 0.25) is 0 Å². The molecular weight excluding hydrogens is 98.1 g/mol. The van der Waals surface area contributed by atoms with Crippen molar-refractivity contribution in [2.75, 3.05) is 0 Å². The largest absolute Gasteiger partial charge is 0.337 e. The Hall–Kier alpha value is -0.980. The summed E-state index contributed by atoms with van der Waals surface area (Å²) in [5.41, 5.74) is 0. The van der Waals surface area contributed by atoms with Crippen molar-refractivity contribution in [1.82, 2.24) is 0 Å². The second-order valence-corrected chi connectivity index (χ2v) is 1.58. The van der Waals surface area contributed by atoms with E-state index in [0.29, 0.717) is 0 Å². The van der Waals surface area contributed by atoms with E-state index in [1.807, 2.05) is 48.6 Å². The van der Waals surface area contributed by atoms with Gasteiger partial charge in [-0.05, 0) is 6.92 Å². The zero-order chi connectivity index (χ0) is 5.82. The molecule has 0 radical (unpaired) electrons. The average molecular weight is 107 g/mol. The highest BCUT2D eigenvalue weighted by atomic mass is 14.9. The first-order valence-corrected chi connectivity index (χ1v) is 2.69. The predicted molar refractivity (Wildman–Crippen MR) is 32.0 cm³/mol. The van der Waals surface area contributed by atoms with Crippen LogP contribution in [0.3, 0.4) is 0 Å². The lowest BCUT2D eigenvalue weighted by Gasteiger charge is -1.94.